The van der Waals surface area contributed by atoms with E-state index < -0.39 is 0 Å². The maximum absolute atomic E-state index is 2.65. The molecule has 0 spiro atoms. The van der Waals surface area contributed by atoms with Crippen LogP contribution in [0.5, 0.6) is 0 Å². The second-order valence-electron chi connectivity index (χ2n) is 6.62. The summed E-state index contributed by atoms with van der Waals surface area (Å²) in [6.07, 6.45) is 7.11. The van der Waals surface area contributed by atoms with Crippen LogP contribution in [-0.2, 0) is 0 Å². The second-order valence-corrected chi connectivity index (χ2v) is 6.62. The molecule has 2 saturated carbocycles. The zero-order valence-electron chi connectivity index (χ0n) is 11.7. The number of hydrogen-bond acceptors (Lipinski definition) is 2. The zero-order chi connectivity index (χ0) is 12.7. The fraction of sp³-hybridized carbons (Fsp3) is 0.647. The van der Waals surface area contributed by atoms with E-state index in [1.54, 1.807) is 0 Å². The standard InChI is InChI=1S/C17H24N2/c1-2-5-17-16(4-1)18(12-14-6-7-14)10-3-11-19(17)13-15-8-9-15/h1-2,4-5,14-15H,3,6-13H2. The monoisotopic (exact) mass is 256 g/mol. The van der Waals surface area contributed by atoms with E-state index in [9.17, 15) is 0 Å². The molecule has 2 aliphatic carbocycles. The van der Waals surface area contributed by atoms with Gasteiger partial charge in [-0.1, -0.05) is 12.1 Å². The van der Waals surface area contributed by atoms with Gasteiger partial charge in [-0.05, 0) is 56.1 Å². The largest absolute Gasteiger partial charge is 0.370 e. The lowest BCUT2D eigenvalue weighted by Gasteiger charge is -2.27. The number of nitrogens with zero attached hydrogens (tertiary/aromatic N) is 2. The molecule has 1 aliphatic heterocycles. The summed E-state index contributed by atoms with van der Waals surface area (Å²) in [5.74, 6) is 1.95. The van der Waals surface area contributed by atoms with Gasteiger partial charge < -0.3 is 9.80 Å². The number of fused-ring (bicyclic) bond motifs is 1. The van der Waals surface area contributed by atoms with Crippen LogP contribution in [0.15, 0.2) is 24.3 Å². The average molecular weight is 256 g/mol. The van der Waals surface area contributed by atoms with Crippen molar-refractivity contribution in [1.82, 2.24) is 0 Å². The van der Waals surface area contributed by atoms with E-state index in [2.05, 4.69) is 34.1 Å². The molecule has 0 saturated heterocycles. The molecule has 102 valence electrons. The fourth-order valence-electron chi connectivity index (χ4n) is 3.30. The highest BCUT2D eigenvalue weighted by Gasteiger charge is 2.30. The van der Waals surface area contributed by atoms with Gasteiger partial charge >= 0.3 is 0 Å². The van der Waals surface area contributed by atoms with Crippen LogP contribution in [0, 0.1) is 11.8 Å². The lowest BCUT2D eigenvalue weighted by atomic mass is 10.2. The van der Waals surface area contributed by atoms with Crippen LogP contribution >= 0.6 is 0 Å². The molecule has 4 rings (SSSR count). The van der Waals surface area contributed by atoms with Crippen LogP contribution < -0.4 is 9.80 Å². The van der Waals surface area contributed by atoms with E-state index in [0.717, 1.165) is 11.8 Å². The van der Waals surface area contributed by atoms with Crippen molar-refractivity contribution in [1.29, 1.82) is 0 Å². The van der Waals surface area contributed by atoms with Gasteiger partial charge in [-0.3, -0.25) is 0 Å². The van der Waals surface area contributed by atoms with Crippen LogP contribution in [0.2, 0.25) is 0 Å². The summed E-state index contributed by atoms with van der Waals surface area (Å²) in [7, 11) is 0. The molecular weight excluding hydrogens is 232 g/mol. The summed E-state index contributed by atoms with van der Waals surface area (Å²) >= 11 is 0. The van der Waals surface area contributed by atoms with E-state index in [1.807, 2.05) is 0 Å². The third-order valence-electron chi connectivity index (χ3n) is 4.77. The van der Waals surface area contributed by atoms with Gasteiger partial charge in [0.1, 0.15) is 0 Å². The van der Waals surface area contributed by atoms with Crippen molar-refractivity contribution in [3.63, 3.8) is 0 Å². The fourth-order valence-corrected chi connectivity index (χ4v) is 3.30. The Morgan fingerprint density at radius 1 is 0.789 bits per heavy atom. The highest BCUT2D eigenvalue weighted by atomic mass is 15.2. The summed E-state index contributed by atoms with van der Waals surface area (Å²) in [6, 6.07) is 9.09. The van der Waals surface area contributed by atoms with Gasteiger partial charge in [0.2, 0.25) is 0 Å². The molecule has 2 nitrogen and oxygen atoms in total. The molecule has 0 aromatic heterocycles. The molecule has 1 heterocycles. The Bertz CT molecular complexity index is 407. The highest BCUT2D eigenvalue weighted by molar-refractivity contribution is 5.72. The molecule has 0 unspecified atom stereocenters. The van der Waals surface area contributed by atoms with Crippen LogP contribution in [0.4, 0.5) is 11.4 Å². The first-order valence-corrected chi connectivity index (χ1v) is 7.99. The minimum atomic E-state index is 0.975. The Hall–Kier alpha value is -1.18. The number of hydrogen-bond donors (Lipinski definition) is 0. The first-order valence-electron chi connectivity index (χ1n) is 7.99. The Morgan fingerprint density at radius 3 is 1.68 bits per heavy atom. The third kappa shape index (κ3) is 2.58. The van der Waals surface area contributed by atoms with E-state index in [0.29, 0.717) is 0 Å². The maximum Gasteiger partial charge on any atom is 0.0604 e. The van der Waals surface area contributed by atoms with E-state index >= 15 is 0 Å². The zero-order valence-corrected chi connectivity index (χ0v) is 11.7. The molecular formula is C17H24N2. The third-order valence-corrected chi connectivity index (χ3v) is 4.77. The minimum Gasteiger partial charge on any atom is -0.370 e. The van der Waals surface area contributed by atoms with Gasteiger partial charge in [0.05, 0.1) is 11.4 Å². The number of para-hydroxylation sites is 2. The molecule has 0 N–H and O–H groups in total. The van der Waals surface area contributed by atoms with Crippen molar-refractivity contribution in [2.75, 3.05) is 36.0 Å². The van der Waals surface area contributed by atoms with Crippen molar-refractivity contribution in [2.45, 2.75) is 32.1 Å². The Kier molecular flexibility index (Phi) is 2.90. The predicted molar refractivity (Wildman–Crippen MR) is 80.9 cm³/mol. The van der Waals surface area contributed by atoms with Gasteiger partial charge in [0.15, 0.2) is 0 Å². The van der Waals surface area contributed by atoms with Gasteiger partial charge in [0, 0.05) is 26.2 Å². The SMILES string of the molecule is c1ccc2c(c1)N(CC1CC1)CCCN2CC1CC1. The number of rotatable bonds is 4. The van der Waals surface area contributed by atoms with Crippen LogP contribution in [0.3, 0.4) is 0 Å². The lowest BCUT2D eigenvalue weighted by Crippen LogP contribution is -2.26. The average Bonchev–Trinajstić information content (AvgIpc) is 3.30. The topological polar surface area (TPSA) is 6.48 Å². The van der Waals surface area contributed by atoms with Crippen LogP contribution in [-0.4, -0.2) is 26.2 Å². The maximum atomic E-state index is 2.65. The smallest absolute Gasteiger partial charge is 0.0604 e. The van der Waals surface area contributed by atoms with E-state index in [1.165, 1.54) is 69.7 Å². The second kappa shape index (κ2) is 4.73. The molecule has 1 aromatic carbocycles. The molecule has 3 aliphatic rings. The Morgan fingerprint density at radius 2 is 1.26 bits per heavy atom. The Balaban J connectivity index is 1.60. The molecule has 0 radical (unpaired) electrons. The summed E-state index contributed by atoms with van der Waals surface area (Å²) in [5.41, 5.74) is 2.99. The molecule has 1 aromatic rings. The van der Waals surface area contributed by atoms with Crippen molar-refractivity contribution in [2.24, 2.45) is 11.8 Å². The van der Waals surface area contributed by atoms with Crippen LogP contribution in [0.25, 0.3) is 0 Å². The number of anilines is 2. The summed E-state index contributed by atoms with van der Waals surface area (Å²) in [5, 5.41) is 0. The van der Waals surface area contributed by atoms with Crippen molar-refractivity contribution >= 4 is 11.4 Å². The van der Waals surface area contributed by atoms with Gasteiger partial charge in [-0.2, -0.15) is 0 Å². The van der Waals surface area contributed by atoms with E-state index in [-0.39, 0.29) is 0 Å². The first-order chi connectivity index (χ1) is 9.40. The van der Waals surface area contributed by atoms with Gasteiger partial charge in [-0.25, -0.2) is 0 Å². The highest BCUT2D eigenvalue weighted by Crippen LogP contribution is 2.39. The van der Waals surface area contributed by atoms with E-state index in [4.69, 9.17) is 0 Å². The molecule has 0 bridgehead atoms. The number of benzene rings is 1. The Labute approximate surface area is 116 Å². The van der Waals surface area contributed by atoms with Crippen molar-refractivity contribution in [3.05, 3.63) is 24.3 Å². The summed E-state index contributed by atoms with van der Waals surface area (Å²) < 4.78 is 0. The molecule has 19 heavy (non-hydrogen) atoms. The van der Waals surface area contributed by atoms with Crippen molar-refractivity contribution < 1.29 is 0 Å². The molecule has 2 heteroatoms. The lowest BCUT2D eigenvalue weighted by molar-refractivity contribution is 0.673. The summed E-state index contributed by atoms with van der Waals surface area (Å²) in [4.78, 5) is 5.31. The quantitative estimate of drug-likeness (QED) is 0.813. The normalized spacial score (nSPS) is 23.2. The minimum absolute atomic E-state index is 0.975. The predicted octanol–water partition coefficient (Wildman–Crippen LogP) is 3.52. The van der Waals surface area contributed by atoms with Gasteiger partial charge in [-0.15, -0.1) is 0 Å². The first kappa shape index (κ1) is 11.6. The summed E-state index contributed by atoms with van der Waals surface area (Å²) in [6.45, 7) is 5.06. The molecule has 0 atom stereocenters. The molecule has 0 amide bonds. The molecule has 2 fully saturated rings. The van der Waals surface area contributed by atoms with Crippen molar-refractivity contribution in [3.8, 4) is 0 Å². The van der Waals surface area contributed by atoms with Gasteiger partial charge in [0.25, 0.3) is 0 Å². The van der Waals surface area contributed by atoms with Crippen LogP contribution in [0.1, 0.15) is 32.1 Å².